The fourth-order valence-corrected chi connectivity index (χ4v) is 2.50. The maximum atomic E-state index is 12.3. The van der Waals surface area contributed by atoms with E-state index in [2.05, 4.69) is 24.4 Å². The maximum absolute atomic E-state index is 12.3. The molecule has 98 valence electrons. The minimum absolute atomic E-state index is 0.0430. The van der Waals surface area contributed by atoms with Crippen LogP contribution in [-0.4, -0.2) is 12.5 Å². The Morgan fingerprint density at radius 2 is 2.22 bits per heavy atom. The van der Waals surface area contributed by atoms with Crippen molar-refractivity contribution in [3.63, 3.8) is 0 Å². The van der Waals surface area contributed by atoms with E-state index in [1.807, 2.05) is 19.1 Å². The van der Waals surface area contributed by atoms with Crippen LogP contribution in [0.1, 0.15) is 43.4 Å². The summed E-state index contributed by atoms with van der Waals surface area (Å²) < 4.78 is 0. The average molecular weight is 246 g/mol. The Hall–Kier alpha value is -1.35. The Morgan fingerprint density at radius 3 is 2.72 bits per heavy atom. The van der Waals surface area contributed by atoms with Gasteiger partial charge in [0.2, 0.25) is 5.91 Å². The Bertz CT molecular complexity index is 432. The van der Waals surface area contributed by atoms with Gasteiger partial charge in [-0.2, -0.15) is 0 Å². The van der Waals surface area contributed by atoms with Crippen molar-refractivity contribution in [2.24, 2.45) is 11.1 Å². The SMILES string of the molecule is Cc1cccc([C@H](C)NC(=O)C2(CN)CCC2)c1. The van der Waals surface area contributed by atoms with E-state index in [4.69, 9.17) is 5.73 Å². The number of rotatable bonds is 4. The third kappa shape index (κ3) is 2.41. The molecule has 3 heteroatoms. The van der Waals surface area contributed by atoms with Crippen molar-refractivity contribution in [3.8, 4) is 0 Å². The number of nitrogens with one attached hydrogen (secondary N) is 1. The zero-order chi connectivity index (χ0) is 13.2. The smallest absolute Gasteiger partial charge is 0.227 e. The average Bonchev–Trinajstić information content (AvgIpc) is 2.28. The Kier molecular flexibility index (Phi) is 3.71. The molecule has 0 radical (unpaired) electrons. The molecule has 1 atom stereocenters. The molecule has 1 aromatic rings. The molecule has 1 aliphatic carbocycles. The van der Waals surface area contributed by atoms with Crippen LogP contribution in [0.5, 0.6) is 0 Å². The zero-order valence-corrected chi connectivity index (χ0v) is 11.2. The molecule has 0 saturated heterocycles. The van der Waals surface area contributed by atoms with E-state index < -0.39 is 0 Å². The van der Waals surface area contributed by atoms with Gasteiger partial charge in [-0.15, -0.1) is 0 Å². The van der Waals surface area contributed by atoms with E-state index in [9.17, 15) is 4.79 Å². The summed E-state index contributed by atoms with van der Waals surface area (Å²) in [6, 6.07) is 8.29. The molecule has 0 heterocycles. The van der Waals surface area contributed by atoms with E-state index >= 15 is 0 Å². The predicted molar refractivity (Wildman–Crippen MR) is 73.1 cm³/mol. The van der Waals surface area contributed by atoms with Crippen LogP contribution in [0, 0.1) is 12.3 Å². The van der Waals surface area contributed by atoms with Crippen LogP contribution in [0.4, 0.5) is 0 Å². The summed E-state index contributed by atoms with van der Waals surface area (Å²) >= 11 is 0. The molecule has 1 aromatic carbocycles. The van der Waals surface area contributed by atoms with Crippen molar-refractivity contribution in [1.29, 1.82) is 0 Å². The maximum Gasteiger partial charge on any atom is 0.227 e. The molecule has 0 aliphatic heterocycles. The summed E-state index contributed by atoms with van der Waals surface area (Å²) in [5, 5.41) is 3.10. The first-order valence-electron chi connectivity index (χ1n) is 6.65. The summed E-state index contributed by atoms with van der Waals surface area (Å²) in [7, 11) is 0. The second-order valence-corrected chi connectivity index (χ2v) is 5.45. The molecule has 0 aromatic heterocycles. The van der Waals surface area contributed by atoms with Crippen molar-refractivity contribution in [1.82, 2.24) is 5.32 Å². The van der Waals surface area contributed by atoms with E-state index in [0.29, 0.717) is 6.54 Å². The first-order chi connectivity index (χ1) is 8.57. The van der Waals surface area contributed by atoms with Gasteiger partial charge < -0.3 is 11.1 Å². The fourth-order valence-electron chi connectivity index (χ4n) is 2.50. The second-order valence-electron chi connectivity index (χ2n) is 5.45. The highest BCUT2D eigenvalue weighted by Gasteiger charge is 2.43. The molecule has 1 fully saturated rings. The van der Waals surface area contributed by atoms with Crippen molar-refractivity contribution in [3.05, 3.63) is 35.4 Å². The van der Waals surface area contributed by atoms with Crippen molar-refractivity contribution >= 4 is 5.91 Å². The first kappa shape index (κ1) is 13.1. The Labute approximate surface area is 109 Å². The third-order valence-electron chi connectivity index (χ3n) is 4.07. The van der Waals surface area contributed by atoms with Gasteiger partial charge in [0.1, 0.15) is 0 Å². The van der Waals surface area contributed by atoms with Gasteiger partial charge in [-0.3, -0.25) is 4.79 Å². The van der Waals surface area contributed by atoms with Crippen molar-refractivity contribution in [2.45, 2.75) is 39.2 Å². The standard InChI is InChI=1S/C15H22N2O/c1-11-5-3-6-13(9-11)12(2)17-14(18)15(10-16)7-4-8-15/h3,5-6,9,12H,4,7-8,10,16H2,1-2H3,(H,17,18)/t12-/m0/s1. The number of aryl methyl sites for hydroxylation is 1. The number of hydrogen-bond acceptors (Lipinski definition) is 2. The highest BCUT2D eigenvalue weighted by Crippen LogP contribution is 2.40. The van der Waals surface area contributed by atoms with Gasteiger partial charge in [0.15, 0.2) is 0 Å². The normalized spacial score (nSPS) is 18.8. The van der Waals surface area contributed by atoms with Gasteiger partial charge in [0.25, 0.3) is 0 Å². The Morgan fingerprint density at radius 1 is 1.50 bits per heavy atom. The van der Waals surface area contributed by atoms with Crippen molar-refractivity contribution in [2.75, 3.05) is 6.54 Å². The van der Waals surface area contributed by atoms with E-state index in [0.717, 1.165) is 24.8 Å². The molecule has 0 spiro atoms. The van der Waals surface area contributed by atoms with Gasteiger partial charge in [-0.1, -0.05) is 36.2 Å². The van der Waals surface area contributed by atoms with E-state index in [1.165, 1.54) is 5.56 Å². The molecule has 1 saturated carbocycles. The molecule has 3 nitrogen and oxygen atoms in total. The van der Waals surface area contributed by atoms with Crippen molar-refractivity contribution < 1.29 is 4.79 Å². The number of benzene rings is 1. The molecule has 2 rings (SSSR count). The number of amides is 1. The lowest BCUT2D eigenvalue weighted by molar-refractivity contribution is -0.135. The lowest BCUT2D eigenvalue weighted by Gasteiger charge is -2.39. The highest BCUT2D eigenvalue weighted by molar-refractivity contribution is 5.84. The van der Waals surface area contributed by atoms with Crippen LogP contribution in [0.3, 0.4) is 0 Å². The van der Waals surface area contributed by atoms with Crippen LogP contribution < -0.4 is 11.1 Å². The van der Waals surface area contributed by atoms with E-state index in [-0.39, 0.29) is 17.4 Å². The molecule has 1 aliphatic rings. The van der Waals surface area contributed by atoms with Gasteiger partial charge in [0, 0.05) is 6.54 Å². The molecule has 0 unspecified atom stereocenters. The van der Waals surface area contributed by atoms with Crippen LogP contribution in [-0.2, 0) is 4.79 Å². The van der Waals surface area contributed by atoms with Gasteiger partial charge in [-0.05, 0) is 32.3 Å². The lowest BCUT2D eigenvalue weighted by Crippen LogP contribution is -2.50. The number of hydrogen-bond donors (Lipinski definition) is 2. The first-order valence-corrected chi connectivity index (χ1v) is 6.65. The Balaban J connectivity index is 2.03. The van der Waals surface area contributed by atoms with Gasteiger partial charge >= 0.3 is 0 Å². The third-order valence-corrected chi connectivity index (χ3v) is 4.07. The number of carbonyl (C=O) groups is 1. The minimum atomic E-state index is -0.294. The van der Waals surface area contributed by atoms with Crippen LogP contribution >= 0.6 is 0 Å². The van der Waals surface area contributed by atoms with Gasteiger partial charge in [0.05, 0.1) is 11.5 Å². The van der Waals surface area contributed by atoms with Crippen LogP contribution in [0.15, 0.2) is 24.3 Å². The molecule has 0 bridgehead atoms. The zero-order valence-electron chi connectivity index (χ0n) is 11.2. The largest absolute Gasteiger partial charge is 0.349 e. The lowest BCUT2D eigenvalue weighted by atomic mass is 9.68. The topological polar surface area (TPSA) is 55.1 Å². The quantitative estimate of drug-likeness (QED) is 0.856. The number of nitrogens with two attached hydrogens (primary N) is 1. The molecular weight excluding hydrogens is 224 g/mol. The fraction of sp³-hybridized carbons (Fsp3) is 0.533. The van der Waals surface area contributed by atoms with Crippen LogP contribution in [0.2, 0.25) is 0 Å². The molecular formula is C15H22N2O. The summed E-state index contributed by atoms with van der Waals surface area (Å²) in [6.45, 7) is 4.54. The molecule has 1 amide bonds. The van der Waals surface area contributed by atoms with Gasteiger partial charge in [-0.25, -0.2) is 0 Å². The second kappa shape index (κ2) is 5.11. The summed E-state index contributed by atoms with van der Waals surface area (Å²) in [5.41, 5.74) is 7.82. The highest BCUT2D eigenvalue weighted by atomic mass is 16.2. The number of carbonyl (C=O) groups excluding carboxylic acids is 1. The molecule has 18 heavy (non-hydrogen) atoms. The predicted octanol–water partition coefficient (Wildman–Crippen LogP) is 2.30. The molecule has 3 N–H and O–H groups in total. The summed E-state index contributed by atoms with van der Waals surface area (Å²) in [4.78, 5) is 12.3. The monoisotopic (exact) mass is 246 g/mol. The van der Waals surface area contributed by atoms with Crippen LogP contribution in [0.25, 0.3) is 0 Å². The minimum Gasteiger partial charge on any atom is -0.349 e. The van der Waals surface area contributed by atoms with E-state index in [1.54, 1.807) is 0 Å². The summed E-state index contributed by atoms with van der Waals surface area (Å²) in [5.74, 6) is 0.116. The summed E-state index contributed by atoms with van der Waals surface area (Å²) in [6.07, 6.45) is 2.97.